The van der Waals surface area contributed by atoms with Crippen molar-refractivity contribution in [2.45, 2.75) is 19.0 Å². The normalized spacial score (nSPS) is 13.7. The van der Waals surface area contributed by atoms with Gasteiger partial charge in [-0.25, -0.2) is 14.2 Å². The number of pyridine rings is 1. The van der Waals surface area contributed by atoms with Crippen LogP contribution in [0.2, 0.25) is 0 Å². The van der Waals surface area contributed by atoms with Crippen molar-refractivity contribution in [2.75, 3.05) is 31.1 Å². The summed E-state index contributed by atoms with van der Waals surface area (Å²) in [6.07, 6.45) is -0.746. The number of amides is 1. The lowest BCUT2D eigenvalue weighted by molar-refractivity contribution is -0.192. The number of rotatable bonds is 5. The minimum atomic E-state index is -5.08. The van der Waals surface area contributed by atoms with E-state index in [0.29, 0.717) is 31.7 Å². The summed E-state index contributed by atoms with van der Waals surface area (Å²) >= 11 is 0. The van der Waals surface area contributed by atoms with Gasteiger partial charge in [-0.1, -0.05) is 11.2 Å². The average Bonchev–Trinajstić information content (AvgIpc) is 3.32. The molecule has 1 aliphatic rings. The van der Waals surface area contributed by atoms with Crippen LogP contribution in [0, 0.1) is 5.82 Å². The Bertz CT molecular complexity index is 1110. The van der Waals surface area contributed by atoms with E-state index in [1.807, 2.05) is 23.1 Å². The molecule has 0 atom stereocenters. The third kappa shape index (κ3) is 7.26. The first kappa shape index (κ1) is 25.7. The van der Waals surface area contributed by atoms with E-state index in [4.69, 9.17) is 14.4 Å². The molecular weight excluding hydrogens is 472 g/mol. The second-order valence-electron chi connectivity index (χ2n) is 7.55. The summed E-state index contributed by atoms with van der Waals surface area (Å²) in [5.41, 5.74) is 1.61. The Labute approximate surface area is 197 Å². The number of aryl methyl sites for hydroxylation is 1. The zero-order valence-corrected chi connectivity index (χ0v) is 18.4. The second kappa shape index (κ2) is 11.4. The van der Waals surface area contributed by atoms with Crippen molar-refractivity contribution in [1.29, 1.82) is 0 Å². The number of hydrogen-bond donors (Lipinski definition) is 1. The highest BCUT2D eigenvalue weighted by molar-refractivity contribution is 5.77. The molecule has 2 aromatic heterocycles. The first-order valence-corrected chi connectivity index (χ1v) is 10.6. The van der Waals surface area contributed by atoms with Crippen molar-refractivity contribution in [3.05, 3.63) is 66.2 Å². The van der Waals surface area contributed by atoms with E-state index in [1.165, 1.54) is 12.1 Å². The molecular formula is C23H22F4N4O4. The van der Waals surface area contributed by atoms with Gasteiger partial charge in [0.1, 0.15) is 11.6 Å². The van der Waals surface area contributed by atoms with E-state index in [9.17, 15) is 22.4 Å². The highest BCUT2D eigenvalue weighted by Gasteiger charge is 2.38. The molecule has 4 rings (SSSR count). The fourth-order valence-electron chi connectivity index (χ4n) is 3.40. The molecule has 0 aliphatic carbocycles. The van der Waals surface area contributed by atoms with Crippen molar-refractivity contribution < 1.29 is 36.8 Å². The fraction of sp³-hybridized carbons (Fsp3) is 0.304. The largest absolute Gasteiger partial charge is 0.490 e. The molecule has 0 unspecified atom stereocenters. The van der Waals surface area contributed by atoms with Crippen LogP contribution in [0.25, 0.3) is 11.3 Å². The minimum Gasteiger partial charge on any atom is -0.475 e. The van der Waals surface area contributed by atoms with Gasteiger partial charge >= 0.3 is 12.1 Å². The zero-order valence-electron chi connectivity index (χ0n) is 18.4. The van der Waals surface area contributed by atoms with E-state index >= 15 is 0 Å². The molecule has 3 aromatic rings. The lowest BCUT2D eigenvalue weighted by Gasteiger charge is -2.35. The van der Waals surface area contributed by atoms with Gasteiger partial charge in [-0.2, -0.15) is 13.2 Å². The summed E-state index contributed by atoms with van der Waals surface area (Å²) in [5.74, 6) is -1.40. The SMILES string of the molecule is O=C(CCc1cnoc1-c1ccc(F)cc1)N1CCN(c2ccccn2)CC1.O=C(O)C(F)(F)F. The number of carbonyl (C=O) groups is 2. The van der Waals surface area contributed by atoms with Gasteiger partial charge < -0.3 is 19.4 Å². The van der Waals surface area contributed by atoms with Crippen molar-refractivity contribution in [3.63, 3.8) is 0 Å². The number of alkyl halides is 3. The number of carboxylic acid groups (broad SMARTS) is 1. The number of halogens is 4. The minimum absolute atomic E-state index is 0.118. The molecule has 1 amide bonds. The van der Waals surface area contributed by atoms with Crippen LogP contribution in [-0.2, 0) is 16.0 Å². The molecule has 1 N–H and O–H groups in total. The Hall–Kier alpha value is -3.96. The summed E-state index contributed by atoms with van der Waals surface area (Å²) in [6.45, 7) is 2.92. The molecule has 0 spiro atoms. The molecule has 186 valence electrons. The predicted octanol–water partition coefficient (Wildman–Crippen LogP) is 3.79. The van der Waals surface area contributed by atoms with E-state index in [1.54, 1.807) is 24.5 Å². The van der Waals surface area contributed by atoms with E-state index in [-0.39, 0.29) is 11.7 Å². The Morgan fingerprint density at radius 1 is 1.03 bits per heavy atom. The van der Waals surface area contributed by atoms with Crippen LogP contribution in [0.4, 0.5) is 23.4 Å². The Morgan fingerprint density at radius 3 is 2.26 bits per heavy atom. The van der Waals surface area contributed by atoms with E-state index in [0.717, 1.165) is 30.0 Å². The van der Waals surface area contributed by atoms with Crippen LogP contribution in [0.5, 0.6) is 0 Å². The van der Waals surface area contributed by atoms with Crippen molar-refractivity contribution in [2.24, 2.45) is 0 Å². The number of anilines is 1. The lowest BCUT2D eigenvalue weighted by atomic mass is 10.0. The van der Waals surface area contributed by atoms with Gasteiger partial charge in [0.25, 0.3) is 0 Å². The van der Waals surface area contributed by atoms with Crippen molar-refractivity contribution in [1.82, 2.24) is 15.0 Å². The summed E-state index contributed by atoms with van der Waals surface area (Å²) in [4.78, 5) is 30.0. The number of piperazine rings is 1. The Kier molecular flexibility index (Phi) is 8.39. The van der Waals surface area contributed by atoms with Crippen LogP contribution >= 0.6 is 0 Å². The van der Waals surface area contributed by atoms with Gasteiger partial charge in [0.05, 0.1) is 6.20 Å². The molecule has 1 aliphatic heterocycles. The van der Waals surface area contributed by atoms with Gasteiger partial charge in [-0.15, -0.1) is 0 Å². The number of nitrogens with zero attached hydrogens (tertiary/aromatic N) is 4. The second-order valence-corrected chi connectivity index (χ2v) is 7.55. The van der Waals surface area contributed by atoms with Gasteiger partial charge in [-0.3, -0.25) is 4.79 Å². The molecule has 0 saturated carbocycles. The van der Waals surface area contributed by atoms with Crippen LogP contribution in [-0.4, -0.2) is 64.4 Å². The summed E-state index contributed by atoms with van der Waals surface area (Å²) in [7, 11) is 0. The van der Waals surface area contributed by atoms with E-state index in [2.05, 4.69) is 15.0 Å². The van der Waals surface area contributed by atoms with Gasteiger partial charge in [0.2, 0.25) is 5.91 Å². The third-order valence-electron chi connectivity index (χ3n) is 5.21. The molecule has 0 bridgehead atoms. The Balaban J connectivity index is 0.000000429. The molecule has 1 fully saturated rings. The summed E-state index contributed by atoms with van der Waals surface area (Å²) in [5, 5.41) is 11.0. The van der Waals surface area contributed by atoms with Crippen LogP contribution in [0.3, 0.4) is 0 Å². The monoisotopic (exact) mass is 494 g/mol. The maximum atomic E-state index is 13.1. The molecule has 1 saturated heterocycles. The molecule has 1 aromatic carbocycles. The molecule has 3 heterocycles. The topological polar surface area (TPSA) is 99.8 Å². The number of carboxylic acids is 1. The average molecular weight is 494 g/mol. The van der Waals surface area contributed by atoms with Crippen molar-refractivity contribution in [3.8, 4) is 11.3 Å². The van der Waals surface area contributed by atoms with Gasteiger partial charge in [-0.05, 0) is 42.8 Å². The predicted molar refractivity (Wildman–Crippen MR) is 117 cm³/mol. The summed E-state index contributed by atoms with van der Waals surface area (Å²) in [6, 6.07) is 11.9. The Morgan fingerprint density at radius 2 is 1.69 bits per heavy atom. The number of hydrogen-bond acceptors (Lipinski definition) is 6. The van der Waals surface area contributed by atoms with Gasteiger partial charge in [0.15, 0.2) is 5.76 Å². The number of aromatic nitrogens is 2. The third-order valence-corrected chi connectivity index (χ3v) is 5.21. The molecule has 8 nitrogen and oxygen atoms in total. The van der Waals surface area contributed by atoms with Crippen LogP contribution < -0.4 is 4.90 Å². The number of carbonyl (C=O) groups excluding carboxylic acids is 1. The smallest absolute Gasteiger partial charge is 0.475 e. The molecule has 12 heteroatoms. The van der Waals surface area contributed by atoms with Crippen LogP contribution in [0.1, 0.15) is 12.0 Å². The van der Waals surface area contributed by atoms with Gasteiger partial charge in [0, 0.05) is 49.9 Å². The van der Waals surface area contributed by atoms with Crippen molar-refractivity contribution >= 4 is 17.7 Å². The fourth-order valence-corrected chi connectivity index (χ4v) is 3.40. The quantitative estimate of drug-likeness (QED) is 0.539. The highest BCUT2D eigenvalue weighted by atomic mass is 19.4. The molecule has 0 radical (unpaired) electrons. The maximum Gasteiger partial charge on any atom is 0.490 e. The standard InChI is InChI=1S/C21H21FN4O2.C2HF3O2/c22-18-7-4-16(5-8-18)21-17(15-24-28-21)6-9-20(27)26-13-11-25(12-14-26)19-3-1-2-10-23-19;3-2(4,5)1(6)7/h1-5,7-8,10,15H,6,9,11-14H2;(H,6,7). The number of benzene rings is 1. The molecule has 35 heavy (non-hydrogen) atoms. The zero-order chi connectivity index (χ0) is 25.4. The summed E-state index contributed by atoms with van der Waals surface area (Å²) < 4.78 is 50.2. The maximum absolute atomic E-state index is 13.1. The van der Waals surface area contributed by atoms with E-state index < -0.39 is 12.1 Å². The number of aliphatic carboxylic acids is 1. The first-order chi connectivity index (χ1) is 16.6. The lowest BCUT2D eigenvalue weighted by Crippen LogP contribution is -2.49. The van der Waals surface area contributed by atoms with Crippen LogP contribution in [0.15, 0.2) is 59.4 Å². The highest BCUT2D eigenvalue weighted by Crippen LogP contribution is 2.25. The first-order valence-electron chi connectivity index (χ1n) is 10.6.